The first-order valence-electron chi connectivity index (χ1n) is 6.13. The molecule has 0 spiro atoms. The highest BCUT2D eigenvalue weighted by molar-refractivity contribution is 5.85. The summed E-state index contributed by atoms with van der Waals surface area (Å²) in [5.74, 6) is -2.54. The molecular weight excluding hydrogens is 252 g/mol. The summed E-state index contributed by atoms with van der Waals surface area (Å²) < 4.78 is 4.43. The highest BCUT2D eigenvalue weighted by Crippen LogP contribution is 2.10. The number of carboxylic acid groups (broad SMARTS) is 1. The van der Waals surface area contributed by atoms with E-state index in [1.807, 2.05) is 13.8 Å². The van der Waals surface area contributed by atoms with Crippen LogP contribution in [0.3, 0.4) is 0 Å². The highest BCUT2D eigenvalue weighted by atomic mass is 16.5. The van der Waals surface area contributed by atoms with Gasteiger partial charge in [-0.2, -0.15) is 0 Å². The molecule has 110 valence electrons. The van der Waals surface area contributed by atoms with Gasteiger partial charge in [-0.05, 0) is 12.3 Å². The first-order chi connectivity index (χ1) is 8.83. The van der Waals surface area contributed by atoms with Crippen molar-refractivity contribution in [2.75, 3.05) is 13.7 Å². The standard InChI is InChI=1S/C12H22N2O5/c1-7(2)8(6-13)11(16)14-9(12(17)18)4-5-10(15)19-3/h7-9H,4-6,13H2,1-3H3,(H,14,16)(H,17,18)/t8?,9-/m0/s1. The molecule has 0 aromatic rings. The molecule has 0 saturated heterocycles. The van der Waals surface area contributed by atoms with Gasteiger partial charge in [0.2, 0.25) is 5.91 Å². The van der Waals surface area contributed by atoms with E-state index in [1.165, 1.54) is 7.11 Å². The smallest absolute Gasteiger partial charge is 0.326 e. The molecule has 0 radical (unpaired) electrons. The third kappa shape index (κ3) is 6.19. The first kappa shape index (κ1) is 17.4. The van der Waals surface area contributed by atoms with Crippen molar-refractivity contribution in [1.29, 1.82) is 0 Å². The molecule has 1 amide bonds. The number of hydrogen-bond acceptors (Lipinski definition) is 5. The second-order valence-electron chi connectivity index (χ2n) is 4.60. The van der Waals surface area contributed by atoms with Crippen LogP contribution in [-0.2, 0) is 19.1 Å². The van der Waals surface area contributed by atoms with Crippen LogP contribution in [0.15, 0.2) is 0 Å². The molecule has 19 heavy (non-hydrogen) atoms. The second-order valence-corrected chi connectivity index (χ2v) is 4.60. The summed E-state index contributed by atoms with van der Waals surface area (Å²) in [5.41, 5.74) is 5.49. The Bertz CT molecular complexity index is 330. The molecule has 0 aliphatic heterocycles. The van der Waals surface area contributed by atoms with Gasteiger partial charge in [0.25, 0.3) is 0 Å². The number of carbonyl (C=O) groups is 3. The number of aliphatic carboxylic acids is 1. The summed E-state index contributed by atoms with van der Waals surface area (Å²) >= 11 is 0. The van der Waals surface area contributed by atoms with Gasteiger partial charge in [0, 0.05) is 13.0 Å². The summed E-state index contributed by atoms with van der Waals surface area (Å²) in [5, 5.41) is 11.4. The predicted molar refractivity (Wildman–Crippen MR) is 68.2 cm³/mol. The zero-order valence-corrected chi connectivity index (χ0v) is 11.5. The number of amides is 1. The maximum absolute atomic E-state index is 11.9. The van der Waals surface area contributed by atoms with Crippen molar-refractivity contribution >= 4 is 17.8 Å². The lowest BCUT2D eigenvalue weighted by molar-refractivity contribution is -0.144. The Morgan fingerprint density at radius 1 is 1.32 bits per heavy atom. The Balaban J connectivity index is 4.53. The first-order valence-corrected chi connectivity index (χ1v) is 6.13. The average molecular weight is 274 g/mol. The number of carbonyl (C=O) groups excluding carboxylic acids is 2. The molecule has 7 heteroatoms. The number of rotatable bonds is 8. The highest BCUT2D eigenvalue weighted by Gasteiger charge is 2.26. The Kier molecular flexibility index (Phi) is 7.74. The van der Waals surface area contributed by atoms with Crippen LogP contribution in [0.25, 0.3) is 0 Å². The number of esters is 1. The zero-order chi connectivity index (χ0) is 15.0. The number of nitrogens with two attached hydrogens (primary N) is 1. The van der Waals surface area contributed by atoms with E-state index in [4.69, 9.17) is 10.8 Å². The van der Waals surface area contributed by atoms with E-state index in [-0.39, 0.29) is 25.3 Å². The van der Waals surface area contributed by atoms with Crippen molar-refractivity contribution in [1.82, 2.24) is 5.32 Å². The van der Waals surface area contributed by atoms with Gasteiger partial charge in [0.05, 0.1) is 13.0 Å². The Labute approximate surface area is 112 Å². The summed E-state index contributed by atoms with van der Waals surface area (Å²) in [6.45, 7) is 3.81. The van der Waals surface area contributed by atoms with Crippen LogP contribution in [0, 0.1) is 11.8 Å². The molecule has 2 atom stereocenters. The van der Waals surface area contributed by atoms with Crippen molar-refractivity contribution < 1.29 is 24.2 Å². The number of nitrogens with one attached hydrogen (secondary N) is 1. The minimum atomic E-state index is -1.18. The lowest BCUT2D eigenvalue weighted by Gasteiger charge is -2.21. The minimum absolute atomic E-state index is 0.0108. The van der Waals surface area contributed by atoms with Gasteiger partial charge in [0.15, 0.2) is 0 Å². The molecule has 0 saturated carbocycles. The zero-order valence-electron chi connectivity index (χ0n) is 11.5. The number of hydrogen-bond donors (Lipinski definition) is 3. The van der Waals surface area contributed by atoms with Gasteiger partial charge in [0.1, 0.15) is 6.04 Å². The van der Waals surface area contributed by atoms with Gasteiger partial charge in [-0.15, -0.1) is 0 Å². The Hall–Kier alpha value is -1.63. The van der Waals surface area contributed by atoms with Crippen LogP contribution in [0.1, 0.15) is 26.7 Å². The van der Waals surface area contributed by atoms with E-state index >= 15 is 0 Å². The van der Waals surface area contributed by atoms with E-state index in [1.54, 1.807) is 0 Å². The normalized spacial score (nSPS) is 13.7. The van der Waals surface area contributed by atoms with E-state index in [0.717, 1.165) is 0 Å². The third-order valence-corrected chi connectivity index (χ3v) is 2.87. The van der Waals surface area contributed by atoms with Crippen molar-refractivity contribution in [3.8, 4) is 0 Å². The SMILES string of the molecule is COC(=O)CC[C@H](NC(=O)C(CN)C(C)C)C(=O)O. The van der Waals surface area contributed by atoms with Crippen molar-refractivity contribution in [2.24, 2.45) is 17.6 Å². The lowest BCUT2D eigenvalue weighted by Crippen LogP contribution is -2.46. The molecule has 0 bridgehead atoms. The largest absolute Gasteiger partial charge is 0.480 e. The Morgan fingerprint density at radius 2 is 1.89 bits per heavy atom. The number of methoxy groups -OCH3 is 1. The Morgan fingerprint density at radius 3 is 2.26 bits per heavy atom. The number of carboxylic acids is 1. The van der Waals surface area contributed by atoms with Gasteiger partial charge >= 0.3 is 11.9 Å². The number of ether oxygens (including phenoxy) is 1. The molecule has 0 aliphatic carbocycles. The molecule has 1 unspecified atom stereocenters. The van der Waals surface area contributed by atoms with E-state index in [2.05, 4.69) is 10.1 Å². The van der Waals surface area contributed by atoms with Crippen LogP contribution < -0.4 is 11.1 Å². The minimum Gasteiger partial charge on any atom is -0.480 e. The molecule has 0 rings (SSSR count). The fourth-order valence-electron chi connectivity index (χ4n) is 1.58. The van der Waals surface area contributed by atoms with Crippen molar-refractivity contribution in [3.05, 3.63) is 0 Å². The third-order valence-electron chi connectivity index (χ3n) is 2.87. The maximum Gasteiger partial charge on any atom is 0.326 e. The molecule has 0 aromatic heterocycles. The fraction of sp³-hybridized carbons (Fsp3) is 0.750. The maximum atomic E-state index is 11.9. The molecule has 0 aliphatic rings. The van der Waals surface area contributed by atoms with Gasteiger partial charge in [-0.1, -0.05) is 13.8 Å². The molecular formula is C12H22N2O5. The van der Waals surface area contributed by atoms with E-state index < -0.39 is 29.8 Å². The quantitative estimate of drug-likeness (QED) is 0.525. The molecule has 0 fully saturated rings. The molecule has 4 N–H and O–H groups in total. The summed E-state index contributed by atoms with van der Waals surface area (Å²) in [6.07, 6.45) is -0.0775. The van der Waals surface area contributed by atoms with E-state index in [0.29, 0.717) is 0 Å². The monoisotopic (exact) mass is 274 g/mol. The second kappa shape index (κ2) is 8.47. The topological polar surface area (TPSA) is 119 Å². The summed E-state index contributed by atoms with van der Waals surface area (Å²) in [7, 11) is 1.22. The summed E-state index contributed by atoms with van der Waals surface area (Å²) in [4.78, 5) is 33.9. The van der Waals surface area contributed by atoms with Crippen LogP contribution >= 0.6 is 0 Å². The predicted octanol–water partition coefficient (Wildman–Crippen LogP) is -0.260. The lowest BCUT2D eigenvalue weighted by atomic mass is 9.94. The molecule has 0 aromatic carbocycles. The van der Waals surface area contributed by atoms with Crippen molar-refractivity contribution in [3.63, 3.8) is 0 Å². The molecule has 0 heterocycles. The van der Waals surface area contributed by atoms with Crippen LogP contribution in [0.2, 0.25) is 0 Å². The van der Waals surface area contributed by atoms with Crippen LogP contribution in [0.5, 0.6) is 0 Å². The van der Waals surface area contributed by atoms with Gasteiger partial charge < -0.3 is 20.9 Å². The van der Waals surface area contributed by atoms with Gasteiger partial charge in [-0.3, -0.25) is 9.59 Å². The molecule has 7 nitrogen and oxygen atoms in total. The fourth-order valence-corrected chi connectivity index (χ4v) is 1.58. The van der Waals surface area contributed by atoms with E-state index in [9.17, 15) is 14.4 Å². The van der Waals surface area contributed by atoms with Gasteiger partial charge in [-0.25, -0.2) is 4.79 Å². The summed E-state index contributed by atoms with van der Waals surface area (Å²) in [6, 6.07) is -1.11. The average Bonchev–Trinajstić information content (AvgIpc) is 2.33. The van der Waals surface area contributed by atoms with Crippen molar-refractivity contribution in [2.45, 2.75) is 32.7 Å². The van der Waals surface area contributed by atoms with Crippen LogP contribution in [-0.4, -0.2) is 42.6 Å². The van der Waals surface area contributed by atoms with Crippen LogP contribution in [0.4, 0.5) is 0 Å².